The van der Waals surface area contributed by atoms with Crippen molar-refractivity contribution in [1.82, 2.24) is 0 Å². The normalized spacial score (nSPS) is 10.1. The fraction of sp³-hybridized carbons (Fsp3) is 1.00. The van der Waals surface area contributed by atoms with Crippen molar-refractivity contribution in [2.24, 2.45) is 0 Å². The minimum absolute atomic E-state index is 0.222. The molecule has 0 heterocycles. The van der Waals surface area contributed by atoms with Gasteiger partial charge in [-0.1, -0.05) is 0 Å². The maximum atomic E-state index is 10.9. The fourth-order valence-corrected chi connectivity index (χ4v) is 0.0772. The van der Waals surface area contributed by atoms with E-state index in [0.29, 0.717) is 7.18 Å². The summed E-state index contributed by atoms with van der Waals surface area (Å²) in [7, 11) is 5.54. The number of ether oxygens (including phenoxy) is 3. The van der Waals surface area contributed by atoms with Crippen LogP contribution in [0.3, 0.4) is 0 Å². The zero-order valence-electron chi connectivity index (χ0n) is 29.8. The van der Waals surface area contributed by atoms with E-state index < -0.39 is 90.8 Å². The van der Waals surface area contributed by atoms with Gasteiger partial charge in [0.2, 0.25) is 0 Å². The van der Waals surface area contributed by atoms with E-state index in [0.717, 1.165) is 7.11 Å². The minimum atomic E-state index is -4.62. The number of alkyl halides is 29. The van der Waals surface area contributed by atoms with Gasteiger partial charge >= 0.3 is 37.1 Å². The van der Waals surface area contributed by atoms with Gasteiger partial charge in [0.05, 0.1) is 27.6 Å². The molecule has 0 aliphatic carbocycles. The molecule has 0 rings (SSSR count). The molecule has 0 radical (unpaired) electrons. The molecule has 0 N–H and O–H groups in total. The van der Waals surface area contributed by atoms with Crippen molar-refractivity contribution < 1.29 is 151 Å². The Morgan fingerprint density at radius 2 is 0.421 bits per heavy atom. The molecule has 4 nitrogen and oxygen atoms in total. The van der Waals surface area contributed by atoms with Crippen LogP contribution in [-0.2, 0) is 19.2 Å². The van der Waals surface area contributed by atoms with Gasteiger partial charge in [0, 0.05) is 21.3 Å². The second-order valence-electron chi connectivity index (χ2n) is 6.39. The molecule has 0 atom stereocenters. The van der Waals surface area contributed by atoms with E-state index >= 15 is 0 Å². The molecule has 0 fully saturated rings. The van der Waals surface area contributed by atoms with Gasteiger partial charge in [0.1, 0.15) is 6.67 Å². The number of halogens is 30. The summed E-state index contributed by atoms with van der Waals surface area (Å²) in [6, 6.07) is 0. The minimum Gasteiger partial charge on any atom is -0.382 e. The van der Waals surface area contributed by atoms with Crippen molar-refractivity contribution in [1.29, 1.82) is 0 Å². The van der Waals surface area contributed by atoms with Crippen molar-refractivity contribution in [3.8, 4) is 0 Å². The SMILES string of the molecule is CCF.CF.COCCF.COCF.COCF.COF.FCC(F)(F)F.FCC(F)(F)F.FCC(F)(F)F.FCC(F)(F)F.FCC(F)(F)F.FCC(F)(F)F. The van der Waals surface area contributed by atoms with Gasteiger partial charge in [-0.15, -0.1) is 0 Å². The van der Waals surface area contributed by atoms with Gasteiger partial charge in [-0.3, -0.25) is 8.78 Å². The summed E-state index contributed by atoms with van der Waals surface area (Å²) in [5.74, 6) is 0. The van der Waals surface area contributed by atoms with Gasteiger partial charge in [-0.2, -0.15) is 84.0 Å². The van der Waals surface area contributed by atoms with Crippen LogP contribution in [0.2, 0.25) is 0 Å². The Labute approximate surface area is 305 Å². The standard InChI is InChI=1S/C3H7FO.6C2H2F4.2C2H5FO.C2H5F.CH3FO.CH3F/c1-5-3-2-4;6*3-1-2(4,5)6;2*1-4-2-3;1-2-3;1-3-2;1-2/h2-3H2,1H3;6*1H2;2*2H2,1H3;2H2,1H3;1H3;1H3. The maximum absolute atomic E-state index is 10.9. The number of rotatable bonds is 4. The molecule has 0 aromatic heterocycles. The Kier molecular flexibility index (Phi) is 95.5. The molecule has 0 aliphatic heterocycles. The fourth-order valence-electron chi connectivity index (χ4n) is 0.0772. The number of methoxy groups -OCH3 is 3. The molecule has 0 aromatic carbocycles. The van der Waals surface area contributed by atoms with Gasteiger partial charge in [0.15, 0.2) is 53.8 Å². The molecule has 34 heteroatoms. The summed E-state index contributed by atoms with van der Waals surface area (Å²) in [6.45, 7) is -13.7. The van der Waals surface area contributed by atoms with Crippen LogP contribution >= 0.6 is 0 Å². The summed E-state index contributed by atoms with van der Waals surface area (Å²) in [5.41, 5.74) is 0. The largest absolute Gasteiger partial charge is 0.416 e. The Bertz CT molecular complexity index is 474. The van der Waals surface area contributed by atoms with Crippen molar-refractivity contribution in [3.63, 3.8) is 0 Å². The molecule has 366 valence electrons. The highest BCUT2D eigenvalue weighted by molar-refractivity contribution is 4.42. The average molecular weight is 951 g/mol. The summed E-state index contributed by atoms with van der Waals surface area (Å²) >= 11 is 0. The van der Waals surface area contributed by atoms with Gasteiger partial charge in [0.25, 0.3) is 0 Å². The van der Waals surface area contributed by atoms with Crippen LogP contribution in [0.5, 0.6) is 0 Å². The van der Waals surface area contributed by atoms with Crippen LogP contribution in [0.25, 0.3) is 0 Å². The predicted octanol–water partition coefficient (Wildman–Crippen LogP) is 12.9. The molecule has 57 heavy (non-hydrogen) atoms. The second kappa shape index (κ2) is 62.9. The quantitative estimate of drug-likeness (QED) is 0.263. The third-order valence-corrected chi connectivity index (χ3v) is 1.41. The Hall–Kier alpha value is -2.26. The predicted molar refractivity (Wildman–Crippen MR) is 143 cm³/mol. The van der Waals surface area contributed by atoms with E-state index in [4.69, 9.17) is 0 Å². The summed E-state index contributed by atoms with van der Waals surface area (Å²) in [6.07, 6.45) is -27.8. The lowest BCUT2D eigenvalue weighted by molar-refractivity contribution is -0.142. The van der Waals surface area contributed by atoms with Crippen molar-refractivity contribution in [2.75, 3.05) is 109 Å². The second-order valence-corrected chi connectivity index (χ2v) is 6.39. The molecule has 0 spiro atoms. The molecule has 0 aromatic rings. The topological polar surface area (TPSA) is 36.9 Å². The van der Waals surface area contributed by atoms with Gasteiger partial charge < -0.3 is 14.2 Å². The molecule has 0 saturated carbocycles. The number of hydrogen-bond donors (Lipinski definition) is 0. The lowest BCUT2D eigenvalue weighted by Crippen LogP contribution is -2.08. The lowest BCUT2D eigenvalue weighted by atomic mass is 10.8. The van der Waals surface area contributed by atoms with E-state index in [9.17, 15) is 132 Å². The van der Waals surface area contributed by atoms with Crippen LogP contribution in [0.1, 0.15) is 6.92 Å². The maximum Gasteiger partial charge on any atom is 0.416 e. The summed E-state index contributed by atoms with van der Waals surface area (Å²) < 4.78 is 323. The van der Waals surface area contributed by atoms with Gasteiger partial charge in [-0.05, 0) is 11.4 Å². The van der Waals surface area contributed by atoms with Crippen LogP contribution in [0, 0.1) is 0 Å². The van der Waals surface area contributed by atoms with Crippen LogP contribution < -0.4 is 0 Å². The Morgan fingerprint density at radius 1 is 0.333 bits per heavy atom. The Morgan fingerprint density at radius 3 is 0.421 bits per heavy atom. The van der Waals surface area contributed by atoms with Crippen LogP contribution in [0.4, 0.5) is 132 Å². The molecular weight excluding hydrogens is 910 g/mol. The highest BCUT2D eigenvalue weighted by Crippen LogP contribution is 2.16. The van der Waals surface area contributed by atoms with Crippen molar-refractivity contribution in [3.05, 3.63) is 0 Å². The monoisotopic (exact) mass is 950 g/mol. The molecule has 0 saturated heterocycles. The lowest BCUT2D eigenvalue weighted by Gasteiger charge is -1.93. The molecular formula is C23H40F30O4. The summed E-state index contributed by atoms with van der Waals surface area (Å²) in [5, 5.41) is 0. The molecule has 0 aliphatic rings. The van der Waals surface area contributed by atoms with E-state index in [2.05, 4.69) is 19.2 Å². The van der Waals surface area contributed by atoms with Crippen molar-refractivity contribution in [2.45, 2.75) is 44.0 Å². The third kappa shape index (κ3) is 369. The van der Waals surface area contributed by atoms with Crippen LogP contribution in [-0.4, -0.2) is 146 Å². The highest BCUT2D eigenvalue weighted by atomic mass is 19.4. The molecule has 0 bridgehead atoms. The first-order chi connectivity index (χ1) is 25.4. The highest BCUT2D eigenvalue weighted by Gasteiger charge is 2.28. The summed E-state index contributed by atoms with van der Waals surface area (Å²) in [4.78, 5) is 2.75. The first-order valence-corrected chi connectivity index (χ1v) is 12.4. The zero-order valence-corrected chi connectivity index (χ0v) is 29.8. The smallest absolute Gasteiger partial charge is 0.382 e. The van der Waals surface area contributed by atoms with E-state index in [1.165, 1.54) is 28.3 Å². The van der Waals surface area contributed by atoms with E-state index in [1.54, 1.807) is 0 Å². The zero-order chi connectivity index (χ0) is 49.6. The van der Waals surface area contributed by atoms with Gasteiger partial charge in [-0.25, -0.2) is 39.5 Å². The Balaban J connectivity index is -0.0000000392. The number of hydrogen-bond acceptors (Lipinski definition) is 4. The first kappa shape index (κ1) is 86.5. The van der Waals surface area contributed by atoms with Crippen molar-refractivity contribution >= 4 is 0 Å². The third-order valence-electron chi connectivity index (χ3n) is 1.41. The molecule has 0 unspecified atom stereocenters. The van der Waals surface area contributed by atoms with E-state index in [-0.39, 0.29) is 20.0 Å². The van der Waals surface area contributed by atoms with E-state index in [1.807, 2.05) is 0 Å². The first-order valence-electron chi connectivity index (χ1n) is 12.4. The average Bonchev–Trinajstić information content (AvgIpc) is 3.10. The molecule has 0 amide bonds. The van der Waals surface area contributed by atoms with Crippen LogP contribution in [0.15, 0.2) is 0 Å².